The van der Waals surface area contributed by atoms with Crippen LogP contribution in [0.3, 0.4) is 0 Å². The number of nitrogens with zero attached hydrogens (tertiary/aromatic N) is 3. The Morgan fingerprint density at radius 2 is 2.20 bits per heavy atom. The minimum Gasteiger partial charge on any atom is -0.369 e. The molecule has 0 aliphatic heterocycles. The number of anilines is 1. The predicted octanol–water partition coefficient (Wildman–Crippen LogP) is 1.12. The summed E-state index contributed by atoms with van der Waals surface area (Å²) in [5, 5.41) is 5.96. The number of nitrogens with one attached hydrogen (secondary N) is 2. The molecule has 1 fully saturated rings. The van der Waals surface area contributed by atoms with E-state index in [1.165, 1.54) is 19.0 Å². The zero-order valence-electron chi connectivity index (χ0n) is 12.4. The van der Waals surface area contributed by atoms with Gasteiger partial charge in [-0.2, -0.15) is 0 Å². The van der Waals surface area contributed by atoms with Crippen molar-refractivity contribution in [1.29, 1.82) is 0 Å². The summed E-state index contributed by atoms with van der Waals surface area (Å²) in [6.07, 6.45) is 5.62. The predicted molar refractivity (Wildman–Crippen MR) is 78.8 cm³/mol. The van der Waals surface area contributed by atoms with Crippen LogP contribution in [0.25, 0.3) is 0 Å². The van der Waals surface area contributed by atoms with Gasteiger partial charge in [-0.05, 0) is 33.7 Å². The van der Waals surface area contributed by atoms with E-state index in [9.17, 15) is 4.79 Å². The van der Waals surface area contributed by atoms with Gasteiger partial charge in [0.1, 0.15) is 11.5 Å². The summed E-state index contributed by atoms with van der Waals surface area (Å²) in [6.45, 7) is 5.52. The fourth-order valence-corrected chi connectivity index (χ4v) is 2.03. The molecule has 0 bridgehead atoms. The van der Waals surface area contributed by atoms with Crippen molar-refractivity contribution < 1.29 is 4.79 Å². The lowest BCUT2D eigenvalue weighted by molar-refractivity contribution is 0.0934. The van der Waals surface area contributed by atoms with Crippen LogP contribution in [0.2, 0.25) is 0 Å². The van der Waals surface area contributed by atoms with Gasteiger partial charge in [-0.15, -0.1) is 0 Å². The van der Waals surface area contributed by atoms with E-state index in [0.29, 0.717) is 30.1 Å². The number of carbonyl (C=O) groups excluding carboxylic acids is 1. The van der Waals surface area contributed by atoms with Crippen molar-refractivity contribution >= 4 is 11.7 Å². The van der Waals surface area contributed by atoms with E-state index in [-0.39, 0.29) is 5.91 Å². The Labute approximate surface area is 120 Å². The highest BCUT2D eigenvalue weighted by molar-refractivity contribution is 5.92. The Morgan fingerprint density at radius 3 is 2.75 bits per heavy atom. The molecule has 0 radical (unpaired) electrons. The zero-order valence-corrected chi connectivity index (χ0v) is 12.4. The van der Waals surface area contributed by atoms with Gasteiger partial charge in [-0.1, -0.05) is 0 Å². The Balaban J connectivity index is 1.81. The van der Waals surface area contributed by atoms with Crippen LogP contribution in [0.5, 0.6) is 0 Å². The number of rotatable bonds is 7. The summed E-state index contributed by atoms with van der Waals surface area (Å²) in [5.41, 5.74) is 0.355. The molecule has 1 aliphatic rings. The molecule has 110 valence electrons. The van der Waals surface area contributed by atoms with Gasteiger partial charge < -0.3 is 10.6 Å². The van der Waals surface area contributed by atoms with Crippen molar-refractivity contribution in [2.75, 3.05) is 25.5 Å². The van der Waals surface area contributed by atoms with Gasteiger partial charge in [0.05, 0.1) is 12.4 Å². The SMILES string of the molecule is CCNc1cnc(C(=O)NCC(C)N(C)C2CC2)cn1. The van der Waals surface area contributed by atoms with Crippen molar-refractivity contribution in [1.82, 2.24) is 20.2 Å². The van der Waals surface area contributed by atoms with Gasteiger partial charge in [0.15, 0.2) is 0 Å². The van der Waals surface area contributed by atoms with E-state index in [2.05, 4.69) is 39.5 Å². The van der Waals surface area contributed by atoms with E-state index < -0.39 is 0 Å². The molecule has 0 saturated heterocycles. The second kappa shape index (κ2) is 6.65. The lowest BCUT2D eigenvalue weighted by atomic mass is 10.3. The van der Waals surface area contributed by atoms with Crippen molar-refractivity contribution in [2.45, 2.75) is 38.8 Å². The van der Waals surface area contributed by atoms with E-state index in [1.807, 2.05) is 6.92 Å². The number of amides is 1. The molecule has 1 aromatic rings. The molecule has 6 nitrogen and oxygen atoms in total. The van der Waals surface area contributed by atoms with Crippen LogP contribution in [0.1, 0.15) is 37.2 Å². The van der Waals surface area contributed by atoms with Crippen LogP contribution in [-0.2, 0) is 0 Å². The van der Waals surface area contributed by atoms with Gasteiger partial charge in [0.2, 0.25) is 0 Å². The molecular weight excluding hydrogens is 254 g/mol. The van der Waals surface area contributed by atoms with Gasteiger partial charge in [0.25, 0.3) is 5.91 Å². The Bertz CT molecular complexity index is 443. The summed E-state index contributed by atoms with van der Waals surface area (Å²) < 4.78 is 0. The summed E-state index contributed by atoms with van der Waals surface area (Å²) in [5.74, 6) is 0.516. The fourth-order valence-electron chi connectivity index (χ4n) is 2.03. The maximum absolute atomic E-state index is 12.0. The van der Waals surface area contributed by atoms with Crippen molar-refractivity contribution in [3.05, 3.63) is 18.1 Å². The van der Waals surface area contributed by atoms with Crippen molar-refractivity contribution in [2.24, 2.45) is 0 Å². The monoisotopic (exact) mass is 277 g/mol. The van der Waals surface area contributed by atoms with Crippen LogP contribution in [-0.4, -0.2) is 53.0 Å². The molecule has 1 aliphatic carbocycles. The van der Waals surface area contributed by atoms with Crippen molar-refractivity contribution in [3.8, 4) is 0 Å². The van der Waals surface area contributed by atoms with Crippen LogP contribution < -0.4 is 10.6 Å². The lowest BCUT2D eigenvalue weighted by Gasteiger charge is -2.24. The molecule has 0 spiro atoms. The normalized spacial score (nSPS) is 16.0. The zero-order chi connectivity index (χ0) is 14.5. The van der Waals surface area contributed by atoms with Crippen LogP contribution in [0.4, 0.5) is 5.82 Å². The maximum atomic E-state index is 12.0. The van der Waals surface area contributed by atoms with Gasteiger partial charge in [-0.3, -0.25) is 9.69 Å². The van der Waals surface area contributed by atoms with Gasteiger partial charge in [-0.25, -0.2) is 9.97 Å². The third-order valence-corrected chi connectivity index (χ3v) is 3.62. The van der Waals surface area contributed by atoms with E-state index in [1.54, 1.807) is 6.20 Å². The van der Waals surface area contributed by atoms with E-state index >= 15 is 0 Å². The first kappa shape index (κ1) is 14.7. The second-order valence-corrected chi connectivity index (χ2v) is 5.27. The number of carbonyl (C=O) groups is 1. The second-order valence-electron chi connectivity index (χ2n) is 5.27. The summed E-state index contributed by atoms with van der Waals surface area (Å²) in [6, 6.07) is 1.03. The van der Waals surface area contributed by atoms with Crippen LogP contribution in [0, 0.1) is 0 Å². The molecule has 1 amide bonds. The molecule has 2 rings (SSSR count). The fraction of sp³-hybridized carbons (Fsp3) is 0.643. The standard InChI is InChI=1S/C14H23N5O/c1-4-15-13-9-16-12(8-17-13)14(20)18-7-10(2)19(3)11-5-6-11/h8-11H,4-7H2,1-3H3,(H,15,17)(H,18,20). The summed E-state index contributed by atoms with van der Waals surface area (Å²) in [4.78, 5) is 22.6. The average molecular weight is 277 g/mol. The van der Waals surface area contributed by atoms with E-state index in [4.69, 9.17) is 0 Å². The highest BCUT2D eigenvalue weighted by atomic mass is 16.1. The number of hydrogen-bond donors (Lipinski definition) is 2. The Morgan fingerprint density at radius 1 is 1.45 bits per heavy atom. The minimum atomic E-state index is -0.170. The molecule has 1 unspecified atom stereocenters. The van der Waals surface area contributed by atoms with Gasteiger partial charge in [0, 0.05) is 25.2 Å². The summed E-state index contributed by atoms with van der Waals surface area (Å²) in [7, 11) is 2.11. The maximum Gasteiger partial charge on any atom is 0.271 e. The first-order chi connectivity index (χ1) is 9.61. The molecule has 6 heteroatoms. The molecular formula is C14H23N5O. The van der Waals surface area contributed by atoms with Crippen molar-refractivity contribution in [3.63, 3.8) is 0 Å². The Kier molecular flexibility index (Phi) is 4.89. The minimum absolute atomic E-state index is 0.170. The molecule has 2 N–H and O–H groups in total. The molecule has 1 heterocycles. The summed E-state index contributed by atoms with van der Waals surface area (Å²) >= 11 is 0. The largest absolute Gasteiger partial charge is 0.369 e. The number of aromatic nitrogens is 2. The molecule has 1 aromatic heterocycles. The first-order valence-electron chi connectivity index (χ1n) is 7.18. The van der Waals surface area contributed by atoms with Gasteiger partial charge >= 0.3 is 0 Å². The van der Waals surface area contributed by atoms with Crippen LogP contribution in [0.15, 0.2) is 12.4 Å². The number of likely N-dealkylation sites (N-methyl/N-ethyl adjacent to an activating group) is 1. The quantitative estimate of drug-likeness (QED) is 0.781. The first-order valence-corrected chi connectivity index (χ1v) is 7.18. The highest BCUT2D eigenvalue weighted by Crippen LogP contribution is 2.26. The molecule has 1 atom stereocenters. The molecule has 20 heavy (non-hydrogen) atoms. The highest BCUT2D eigenvalue weighted by Gasteiger charge is 2.29. The van der Waals surface area contributed by atoms with Crippen LogP contribution >= 0.6 is 0 Å². The topological polar surface area (TPSA) is 70.2 Å². The molecule has 0 aromatic carbocycles. The number of hydrogen-bond acceptors (Lipinski definition) is 5. The average Bonchev–Trinajstić information content (AvgIpc) is 3.29. The smallest absolute Gasteiger partial charge is 0.271 e. The third-order valence-electron chi connectivity index (χ3n) is 3.62. The Hall–Kier alpha value is -1.69. The molecule has 1 saturated carbocycles. The lowest BCUT2D eigenvalue weighted by Crippen LogP contribution is -2.41. The third kappa shape index (κ3) is 3.90. The van der Waals surface area contributed by atoms with E-state index in [0.717, 1.165) is 6.54 Å².